The number of allylic oxidation sites excluding steroid dienone is 2. The molecule has 0 aliphatic carbocycles. The fourth-order valence-electron chi connectivity index (χ4n) is 5.26. The number of hydrogen-bond acceptors (Lipinski definition) is 7. The van der Waals surface area contributed by atoms with Gasteiger partial charge in [0.05, 0.1) is 35.6 Å². The third kappa shape index (κ3) is 6.78. The standard InChI is InChI=1S/C35H32Cl2N2O5S/c1-5-11-23-16-21(17-28(43-7-3)32(23)44-20-24-14-15-25(36)19-26(24)37)18-29-33(40)39-31(22-12-9-8-10-13-22)30(34(41)42-4)27(6-2)38-35(39)45-29/h5,8-10,12-19,31H,1,6-7,11,20H2,2-4H3/b29-18-/t31-/m0/s1. The van der Waals surface area contributed by atoms with E-state index in [-0.39, 0.29) is 12.2 Å². The van der Waals surface area contributed by atoms with Gasteiger partial charge in [-0.3, -0.25) is 9.36 Å². The number of halogens is 2. The van der Waals surface area contributed by atoms with Crippen molar-refractivity contribution in [2.24, 2.45) is 4.99 Å². The molecule has 5 rings (SSSR count). The molecule has 1 aliphatic rings. The molecule has 0 spiro atoms. The average Bonchev–Trinajstić information content (AvgIpc) is 3.34. The second-order valence-electron chi connectivity index (χ2n) is 10.2. The molecule has 0 saturated carbocycles. The molecule has 0 bridgehead atoms. The van der Waals surface area contributed by atoms with Gasteiger partial charge in [0.15, 0.2) is 16.3 Å². The van der Waals surface area contributed by atoms with Crippen LogP contribution in [-0.2, 0) is 22.6 Å². The van der Waals surface area contributed by atoms with Crippen LogP contribution in [0.3, 0.4) is 0 Å². The molecule has 4 aromatic rings. The lowest BCUT2D eigenvalue weighted by Gasteiger charge is -2.25. The maximum Gasteiger partial charge on any atom is 0.338 e. The lowest BCUT2D eigenvalue weighted by molar-refractivity contribution is -0.136. The summed E-state index contributed by atoms with van der Waals surface area (Å²) in [7, 11) is 1.34. The van der Waals surface area contributed by atoms with Crippen molar-refractivity contribution in [3.8, 4) is 11.5 Å². The molecule has 1 aromatic heterocycles. The van der Waals surface area contributed by atoms with Crippen LogP contribution in [0.5, 0.6) is 11.5 Å². The van der Waals surface area contributed by atoms with Gasteiger partial charge in [-0.1, -0.05) is 83.9 Å². The topological polar surface area (TPSA) is 79.1 Å². The van der Waals surface area contributed by atoms with Gasteiger partial charge in [-0.05, 0) is 61.2 Å². The van der Waals surface area contributed by atoms with Gasteiger partial charge in [-0.2, -0.15) is 0 Å². The second-order valence-corrected chi connectivity index (χ2v) is 12.0. The Morgan fingerprint density at radius 3 is 2.51 bits per heavy atom. The molecule has 1 atom stereocenters. The van der Waals surface area contributed by atoms with E-state index in [1.165, 1.54) is 18.4 Å². The predicted molar refractivity (Wildman–Crippen MR) is 179 cm³/mol. The van der Waals surface area contributed by atoms with E-state index in [4.69, 9.17) is 42.4 Å². The number of rotatable bonds is 11. The number of carbonyl (C=O) groups excluding carboxylic acids is 1. The molecule has 10 heteroatoms. The van der Waals surface area contributed by atoms with Crippen LogP contribution in [0.1, 0.15) is 48.6 Å². The minimum Gasteiger partial charge on any atom is -0.490 e. The zero-order chi connectivity index (χ0) is 32.1. The highest BCUT2D eigenvalue weighted by atomic mass is 35.5. The quantitative estimate of drug-likeness (QED) is 0.130. The Morgan fingerprint density at radius 1 is 1.07 bits per heavy atom. The van der Waals surface area contributed by atoms with Crippen LogP contribution in [0.25, 0.3) is 6.08 Å². The number of fused-ring (bicyclic) bond motifs is 1. The van der Waals surface area contributed by atoms with Crippen LogP contribution >= 0.6 is 34.5 Å². The molecule has 7 nitrogen and oxygen atoms in total. The molecule has 2 heterocycles. The van der Waals surface area contributed by atoms with E-state index in [9.17, 15) is 9.59 Å². The number of nitrogens with zero attached hydrogens (tertiary/aromatic N) is 2. The maximum absolute atomic E-state index is 14.1. The number of esters is 1. The smallest absolute Gasteiger partial charge is 0.338 e. The molecule has 0 amide bonds. The second kappa shape index (κ2) is 14.3. The zero-order valence-corrected chi connectivity index (χ0v) is 27.5. The Labute approximate surface area is 275 Å². The van der Waals surface area contributed by atoms with Crippen molar-refractivity contribution < 1.29 is 19.0 Å². The van der Waals surface area contributed by atoms with Crippen molar-refractivity contribution in [3.05, 3.63) is 137 Å². The van der Waals surface area contributed by atoms with Crippen molar-refractivity contribution in [1.82, 2.24) is 4.57 Å². The SMILES string of the molecule is C=CCc1cc(/C=c2\sc3n(c2=O)[C@@H](c2ccccc2)C(C(=O)OC)=C(CC)N=3)cc(OCC)c1OCc1ccc(Cl)cc1Cl. The number of aromatic nitrogens is 1. The first-order chi connectivity index (χ1) is 21.8. The van der Waals surface area contributed by atoms with Crippen LogP contribution in [0, 0.1) is 0 Å². The minimum atomic E-state index is -0.669. The third-order valence-corrected chi connectivity index (χ3v) is 8.84. The number of thiazole rings is 1. The van der Waals surface area contributed by atoms with Crippen molar-refractivity contribution >= 4 is 46.6 Å². The molecule has 0 unspecified atom stereocenters. The Hall–Kier alpha value is -4.11. The van der Waals surface area contributed by atoms with Crippen LogP contribution in [-0.4, -0.2) is 24.3 Å². The van der Waals surface area contributed by atoms with Gasteiger partial charge in [-0.15, -0.1) is 6.58 Å². The lowest BCUT2D eigenvalue weighted by atomic mass is 9.95. The van der Waals surface area contributed by atoms with Crippen molar-refractivity contribution in [3.63, 3.8) is 0 Å². The van der Waals surface area contributed by atoms with E-state index in [2.05, 4.69) is 6.58 Å². The molecule has 0 fully saturated rings. The van der Waals surface area contributed by atoms with Gasteiger partial charge in [-0.25, -0.2) is 9.79 Å². The van der Waals surface area contributed by atoms with Crippen molar-refractivity contribution in [2.75, 3.05) is 13.7 Å². The summed E-state index contributed by atoms with van der Waals surface area (Å²) < 4.78 is 19.5. The average molecular weight is 664 g/mol. The van der Waals surface area contributed by atoms with Gasteiger partial charge >= 0.3 is 5.97 Å². The summed E-state index contributed by atoms with van der Waals surface area (Å²) in [6.45, 7) is 8.36. The van der Waals surface area contributed by atoms with Crippen molar-refractivity contribution in [2.45, 2.75) is 39.3 Å². The number of carbonyl (C=O) groups is 1. The first kappa shape index (κ1) is 32.3. The Bertz CT molecular complexity index is 1960. The van der Waals surface area contributed by atoms with E-state index >= 15 is 0 Å². The maximum atomic E-state index is 14.1. The predicted octanol–water partition coefficient (Wildman–Crippen LogP) is 6.81. The molecule has 3 aromatic carbocycles. The zero-order valence-electron chi connectivity index (χ0n) is 25.1. The van der Waals surface area contributed by atoms with Crippen LogP contribution in [0.15, 0.2) is 94.4 Å². The summed E-state index contributed by atoms with van der Waals surface area (Å²) >= 11 is 13.7. The monoisotopic (exact) mass is 662 g/mol. The highest BCUT2D eigenvalue weighted by molar-refractivity contribution is 7.07. The van der Waals surface area contributed by atoms with Crippen LogP contribution in [0.4, 0.5) is 0 Å². The minimum absolute atomic E-state index is 0.208. The van der Waals surface area contributed by atoms with Gasteiger partial charge < -0.3 is 14.2 Å². The molecule has 0 saturated heterocycles. The van der Waals surface area contributed by atoms with Crippen LogP contribution in [0.2, 0.25) is 10.0 Å². The normalized spacial score (nSPS) is 14.5. The third-order valence-electron chi connectivity index (χ3n) is 7.27. The fourth-order valence-corrected chi connectivity index (χ4v) is 6.74. The molecule has 45 heavy (non-hydrogen) atoms. The van der Waals surface area contributed by atoms with Crippen molar-refractivity contribution in [1.29, 1.82) is 0 Å². The largest absolute Gasteiger partial charge is 0.490 e. The van der Waals surface area contributed by atoms with E-state index in [0.29, 0.717) is 61.6 Å². The number of benzene rings is 3. The summed E-state index contributed by atoms with van der Waals surface area (Å²) in [6, 6.07) is 17.8. The van der Waals surface area contributed by atoms with Gasteiger partial charge in [0.1, 0.15) is 6.61 Å². The van der Waals surface area contributed by atoms with Gasteiger partial charge in [0, 0.05) is 21.2 Å². The Kier molecular flexibility index (Phi) is 10.3. The van der Waals surface area contributed by atoms with E-state index in [1.54, 1.807) is 22.8 Å². The van der Waals surface area contributed by atoms with E-state index < -0.39 is 12.0 Å². The summed E-state index contributed by atoms with van der Waals surface area (Å²) in [5, 5.41) is 1.05. The lowest BCUT2D eigenvalue weighted by Crippen LogP contribution is -2.40. The number of methoxy groups -OCH3 is 1. The number of hydrogen-bond donors (Lipinski definition) is 0. The Morgan fingerprint density at radius 2 is 1.84 bits per heavy atom. The summed E-state index contributed by atoms with van der Waals surface area (Å²) in [4.78, 5) is 32.4. The molecular weight excluding hydrogens is 631 g/mol. The summed E-state index contributed by atoms with van der Waals surface area (Å²) in [6.07, 6.45) is 4.60. The molecular formula is C35H32Cl2N2O5S. The Balaban J connectivity index is 1.63. The fraction of sp³-hybridized carbons (Fsp3) is 0.229. The van der Waals surface area contributed by atoms with Gasteiger partial charge in [0.25, 0.3) is 5.56 Å². The van der Waals surface area contributed by atoms with E-state index in [0.717, 1.165) is 22.3 Å². The van der Waals surface area contributed by atoms with Gasteiger partial charge in [0.2, 0.25) is 0 Å². The highest BCUT2D eigenvalue weighted by Crippen LogP contribution is 2.36. The summed E-state index contributed by atoms with van der Waals surface area (Å²) in [5.74, 6) is 0.592. The molecule has 0 N–H and O–H groups in total. The first-order valence-electron chi connectivity index (χ1n) is 14.4. The molecule has 232 valence electrons. The molecule has 0 radical (unpaired) electrons. The van der Waals surface area contributed by atoms with E-state index in [1.807, 2.05) is 68.5 Å². The number of ether oxygens (including phenoxy) is 3. The molecule has 1 aliphatic heterocycles. The summed E-state index contributed by atoms with van der Waals surface area (Å²) in [5.41, 5.74) is 3.85. The van der Waals surface area contributed by atoms with Crippen LogP contribution < -0.4 is 24.4 Å². The first-order valence-corrected chi connectivity index (χ1v) is 16.0. The highest BCUT2D eigenvalue weighted by Gasteiger charge is 2.33.